The highest BCUT2D eigenvalue weighted by atomic mass is 16.1. The van der Waals surface area contributed by atoms with Gasteiger partial charge < -0.3 is 9.55 Å². The van der Waals surface area contributed by atoms with E-state index in [4.69, 9.17) is 4.98 Å². The molecule has 144 valence electrons. The van der Waals surface area contributed by atoms with Crippen molar-refractivity contribution in [2.24, 2.45) is 0 Å². The van der Waals surface area contributed by atoms with Gasteiger partial charge in [0.2, 0.25) is 0 Å². The predicted molar refractivity (Wildman–Crippen MR) is 109 cm³/mol. The Morgan fingerprint density at radius 1 is 1.03 bits per heavy atom. The van der Waals surface area contributed by atoms with E-state index in [1.807, 2.05) is 36.5 Å². The van der Waals surface area contributed by atoms with Gasteiger partial charge in [-0.1, -0.05) is 0 Å². The molecule has 0 spiro atoms. The largest absolute Gasteiger partial charge is 0.318 e. The molecule has 0 aliphatic carbocycles. The van der Waals surface area contributed by atoms with E-state index in [2.05, 4.69) is 36.7 Å². The van der Waals surface area contributed by atoms with E-state index in [-0.39, 0.29) is 5.56 Å². The summed E-state index contributed by atoms with van der Waals surface area (Å²) >= 11 is 0. The summed E-state index contributed by atoms with van der Waals surface area (Å²) in [7, 11) is 0. The second-order valence-electron chi connectivity index (χ2n) is 7.12. The molecule has 0 unspecified atom stereocenters. The van der Waals surface area contributed by atoms with Gasteiger partial charge in [-0.05, 0) is 42.8 Å². The zero-order chi connectivity index (χ0) is 19.6. The molecule has 7 heteroatoms. The van der Waals surface area contributed by atoms with Crippen molar-refractivity contribution in [2.45, 2.75) is 19.5 Å². The van der Waals surface area contributed by atoms with Crippen LogP contribution in [0.1, 0.15) is 17.0 Å². The number of fused-ring (bicyclic) bond motifs is 1. The van der Waals surface area contributed by atoms with Crippen molar-refractivity contribution in [3.63, 3.8) is 0 Å². The first kappa shape index (κ1) is 17.5. The molecule has 1 N–H and O–H groups in total. The first-order valence-corrected chi connectivity index (χ1v) is 9.59. The van der Waals surface area contributed by atoms with Gasteiger partial charge in [0, 0.05) is 61.2 Å². The first-order valence-electron chi connectivity index (χ1n) is 9.59. The summed E-state index contributed by atoms with van der Waals surface area (Å²) in [6.45, 7) is 2.25. The van der Waals surface area contributed by atoms with Crippen molar-refractivity contribution in [1.82, 2.24) is 29.4 Å². The lowest BCUT2D eigenvalue weighted by atomic mass is 10.1. The SMILES string of the molecule is O=c1[nH]c(-c2ccncc2)nc2c1CCN(Cc1cccn1-c1cccnc1)C2. The zero-order valence-corrected chi connectivity index (χ0v) is 15.8. The molecule has 29 heavy (non-hydrogen) atoms. The van der Waals surface area contributed by atoms with Gasteiger partial charge in [0.25, 0.3) is 5.56 Å². The smallest absolute Gasteiger partial charge is 0.254 e. The third-order valence-corrected chi connectivity index (χ3v) is 5.25. The van der Waals surface area contributed by atoms with Gasteiger partial charge in [0.05, 0.1) is 17.6 Å². The van der Waals surface area contributed by atoms with Gasteiger partial charge in [-0.2, -0.15) is 0 Å². The van der Waals surface area contributed by atoms with Crippen LogP contribution in [0, 0.1) is 0 Å². The minimum atomic E-state index is -0.0415. The predicted octanol–water partition coefficient (Wildman–Crippen LogP) is 2.58. The maximum atomic E-state index is 12.6. The normalized spacial score (nSPS) is 13.9. The number of nitrogens with zero attached hydrogens (tertiary/aromatic N) is 5. The van der Waals surface area contributed by atoms with Crippen LogP contribution in [-0.4, -0.2) is 35.9 Å². The summed E-state index contributed by atoms with van der Waals surface area (Å²) in [4.78, 5) is 30.8. The van der Waals surface area contributed by atoms with Crippen LogP contribution in [0.15, 0.2) is 72.2 Å². The van der Waals surface area contributed by atoms with Crippen LogP contribution in [0.25, 0.3) is 17.1 Å². The molecule has 1 aliphatic rings. The Kier molecular flexibility index (Phi) is 4.50. The minimum absolute atomic E-state index is 0.0415. The molecule has 5 heterocycles. The number of nitrogens with one attached hydrogen (secondary N) is 1. The Balaban J connectivity index is 1.41. The van der Waals surface area contributed by atoms with Gasteiger partial charge in [0.1, 0.15) is 5.82 Å². The molecule has 0 bridgehead atoms. The molecule has 5 rings (SSSR count). The Hall–Kier alpha value is -3.58. The maximum absolute atomic E-state index is 12.6. The fourth-order valence-electron chi connectivity index (χ4n) is 3.80. The van der Waals surface area contributed by atoms with Crippen LogP contribution in [0.5, 0.6) is 0 Å². The highest BCUT2D eigenvalue weighted by Gasteiger charge is 2.22. The molecule has 0 fully saturated rings. The molecule has 0 radical (unpaired) electrons. The van der Waals surface area contributed by atoms with E-state index >= 15 is 0 Å². The zero-order valence-electron chi connectivity index (χ0n) is 15.8. The Morgan fingerprint density at radius 3 is 2.76 bits per heavy atom. The van der Waals surface area contributed by atoms with E-state index in [0.717, 1.165) is 35.6 Å². The van der Waals surface area contributed by atoms with Crippen molar-refractivity contribution in [1.29, 1.82) is 0 Å². The Morgan fingerprint density at radius 2 is 1.93 bits per heavy atom. The summed E-state index contributed by atoms with van der Waals surface area (Å²) in [6.07, 6.45) is 9.78. The van der Waals surface area contributed by atoms with Crippen molar-refractivity contribution >= 4 is 0 Å². The summed E-state index contributed by atoms with van der Waals surface area (Å²) in [6, 6.07) is 11.9. The highest BCUT2D eigenvalue weighted by molar-refractivity contribution is 5.54. The molecule has 0 amide bonds. The number of aromatic nitrogens is 5. The molecule has 1 aliphatic heterocycles. The van der Waals surface area contributed by atoms with Gasteiger partial charge in [-0.15, -0.1) is 0 Å². The Labute approximate surface area is 167 Å². The molecule has 0 saturated carbocycles. The molecular formula is C22H20N6O. The molecule has 4 aromatic heterocycles. The summed E-state index contributed by atoms with van der Waals surface area (Å²) in [5.74, 6) is 0.594. The van der Waals surface area contributed by atoms with Crippen LogP contribution in [0.3, 0.4) is 0 Å². The van der Waals surface area contributed by atoms with Crippen molar-refractivity contribution in [3.8, 4) is 17.1 Å². The topological polar surface area (TPSA) is 79.7 Å². The molecule has 0 saturated heterocycles. The van der Waals surface area contributed by atoms with Crippen LogP contribution < -0.4 is 5.56 Å². The number of hydrogen-bond donors (Lipinski definition) is 1. The van der Waals surface area contributed by atoms with Crippen LogP contribution in [0.4, 0.5) is 0 Å². The number of pyridine rings is 2. The van der Waals surface area contributed by atoms with Crippen molar-refractivity contribution in [2.75, 3.05) is 6.54 Å². The monoisotopic (exact) mass is 384 g/mol. The number of aromatic amines is 1. The van der Waals surface area contributed by atoms with Crippen LogP contribution in [-0.2, 0) is 19.5 Å². The van der Waals surface area contributed by atoms with Gasteiger partial charge in [-0.25, -0.2) is 4.98 Å². The van der Waals surface area contributed by atoms with Crippen molar-refractivity contribution in [3.05, 3.63) is 94.7 Å². The maximum Gasteiger partial charge on any atom is 0.254 e. The molecule has 4 aromatic rings. The van der Waals surface area contributed by atoms with Gasteiger partial charge in [-0.3, -0.25) is 19.7 Å². The van der Waals surface area contributed by atoms with E-state index in [1.54, 1.807) is 18.6 Å². The molecule has 0 atom stereocenters. The minimum Gasteiger partial charge on any atom is -0.318 e. The molecule has 7 nitrogen and oxygen atoms in total. The average Bonchev–Trinajstić information content (AvgIpc) is 3.23. The fraction of sp³-hybridized carbons (Fsp3) is 0.182. The fourth-order valence-corrected chi connectivity index (χ4v) is 3.80. The Bertz CT molecular complexity index is 1180. The molecular weight excluding hydrogens is 364 g/mol. The van der Waals surface area contributed by atoms with Crippen LogP contribution in [0.2, 0.25) is 0 Å². The van der Waals surface area contributed by atoms with E-state index < -0.39 is 0 Å². The average molecular weight is 384 g/mol. The van der Waals surface area contributed by atoms with Crippen molar-refractivity contribution < 1.29 is 0 Å². The highest BCUT2D eigenvalue weighted by Crippen LogP contribution is 2.21. The number of rotatable bonds is 4. The van der Waals surface area contributed by atoms with E-state index in [1.165, 1.54) is 5.69 Å². The quantitative estimate of drug-likeness (QED) is 0.585. The number of H-pyrrole nitrogens is 1. The van der Waals surface area contributed by atoms with Gasteiger partial charge in [0.15, 0.2) is 0 Å². The van der Waals surface area contributed by atoms with Crippen LogP contribution >= 0.6 is 0 Å². The lowest BCUT2D eigenvalue weighted by Gasteiger charge is -2.28. The standard InChI is InChI=1S/C22H20N6O/c29-22-19-7-12-27(14-18-4-2-11-28(18)17-3-1-8-24-13-17)15-20(19)25-21(26-22)16-5-9-23-10-6-16/h1-6,8-11,13H,7,12,14-15H2,(H,25,26,29). The second-order valence-corrected chi connectivity index (χ2v) is 7.12. The van der Waals surface area contributed by atoms with E-state index in [0.29, 0.717) is 18.8 Å². The lowest BCUT2D eigenvalue weighted by molar-refractivity contribution is 0.236. The summed E-state index contributed by atoms with van der Waals surface area (Å²) in [5.41, 5.74) is 4.69. The van der Waals surface area contributed by atoms with E-state index in [9.17, 15) is 4.79 Å². The lowest BCUT2D eigenvalue weighted by Crippen LogP contribution is -2.35. The summed E-state index contributed by atoms with van der Waals surface area (Å²) < 4.78 is 2.15. The first-order chi connectivity index (χ1) is 14.3. The second kappa shape index (κ2) is 7.44. The summed E-state index contributed by atoms with van der Waals surface area (Å²) in [5, 5.41) is 0. The third kappa shape index (κ3) is 3.48. The number of hydrogen-bond acceptors (Lipinski definition) is 5. The van der Waals surface area contributed by atoms with Gasteiger partial charge >= 0.3 is 0 Å². The molecule has 0 aromatic carbocycles. The third-order valence-electron chi connectivity index (χ3n) is 5.25.